The zero-order valence-corrected chi connectivity index (χ0v) is 16.3. The number of hydrogen-bond donors (Lipinski definition) is 1. The molecule has 0 aromatic heterocycles. The number of alkyl halides is 3. The topological polar surface area (TPSA) is 49.4 Å². The Morgan fingerprint density at radius 3 is 2.59 bits per heavy atom. The van der Waals surface area contributed by atoms with E-state index in [9.17, 15) is 22.8 Å². The van der Waals surface area contributed by atoms with Gasteiger partial charge in [-0.1, -0.05) is 35.9 Å². The largest absolute Gasteiger partial charge is 0.416 e. The van der Waals surface area contributed by atoms with Gasteiger partial charge in [-0.25, -0.2) is 0 Å². The molecular weight excluding hydrogens is 405 g/mol. The summed E-state index contributed by atoms with van der Waals surface area (Å²) < 4.78 is 38.5. The van der Waals surface area contributed by atoms with Crippen molar-refractivity contribution >= 4 is 23.4 Å². The van der Waals surface area contributed by atoms with Crippen LogP contribution >= 0.6 is 11.6 Å². The number of carbonyl (C=O) groups is 2. The lowest BCUT2D eigenvalue weighted by atomic mass is 10.1. The predicted molar refractivity (Wildman–Crippen MR) is 103 cm³/mol. The van der Waals surface area contributed by atoms with Crippen molar-refractivity contribution in [3.05, 3.63) is 70.2 Å². The predicted octanol–water partition coefficient (Wildman–Crippen LogP) is 4.07. The molecule has 2 aromatic carbocycles. The van der Waals surface area contributed by atoms with Gasteiger partial charge in [0.15, 0.2) is 0 Å². The lowest BCUT2D eigenvalue weighted by Crippen LogP contribution is -2.34. The van der Waals surface area contributed by atoms with Crippen molar-refractivity contribution < 1.29 is 22.8 Å². The first kappa shape index (κ1) is 21.2. The molecule has 29 heavy (non-hydrogen) atoms. The van der Waals surface area contributed by atoms with E-state index in [1.807, 2.05) is 18.2 Å². The summed E-state index contributed by atoms with van der Waals surface area (Å²) in [6.07, 6.45) is -3.76. The van der Waals surface area contributed by atoms with Crippen LogP contribution in [-0.4, -0.2) is 29.8 Å². The average molecular weight is 425 g/mol. The van der Waals surface area contributed by atoms with Crippen molar-refractivity contribution in [1.29, 1.82) is 0 Å². The van der Waals surface area contributed by atoms with Crippen LogP contribution in [0.15, 0.2) is 48.5 Å². The zero-order chi connectivity index (χ0) is 21.0. The Bertz CT molecular complexity index is 901. The number of nitrogens with one attached hydrogen (secondary N) is 1. The minimum absolute atomic E-state index is 0.0506. The van der Waals surface area contributed by atoms with Crippen LogP contribution < -0.4 is 5.32 Å². The molecule has 3 rings (SSSR count). The number of nitrogens with zero attached hydrogens (tertiary/aromatic N) is 1. The second-order valence-electron chi connectivity index (χ2n) is 7.04. The molecule has 4 nitrogen and oxygen atoms in total. The van der Waals surface area contributed by atoms with Gasteiger partial charge in [-0.2, -0.15) is 13.2 Å². The second-order valence-corrected chi connectivity index (χ2v) is 7.48. The van der Waals surface area contributed by atoms with E-state index in [2.05, 4.69) is 5.32 Å². The fraction of sp³-hybridized carbons (Fsp3) is 0.333. The van der Waals surface area contributed by atoms with E-state index >= 15 is 0 Å². The van der Waals surface area contributed by atoms with E-state index in [0.29, 0.717) is 23.6 Å². The summed E-state index contributed by atoms with van der Waals surface area (Å²) in [6.45, 7) is 0.657. The van der Waals surface area contributed by atoms with Crippen molar-refractivity contribution in [2.45, 2.75) is 25.6 Å². The third kappa shape index (κ3) is 5.73. The van der Waals surface area contributed by atoms with Gasteiger partial charge in [0.25, 0.3) is 0 Å². The smallest absolute Gasteiger partial charge is 0.355 e. The van der Waals surface area contributed by atoms with Crippen LogP contribution in [0.5, 0.6) is 0 Å². The molecule has 0 spiro atoms. The molecule has 1 saturated heterocycles. The molecule has 154 valence electrons. The molecule has 0 bridgehead atoms. The third-order valence-corrected chi connectivity index (χ3v) is 5.05. The van der Waals surface area contributed by atoms with Gasteiger partial charge in [0.2, 0.25) is 11.8 Å². The molecule has 1 unspecified atom stereocenters. The first-order chi connectivity index (χ1) is 13.7. The van der Waals surface area contributed by atoms with Crippen LogP contribution in [0.4, 0.5) is 13.2 Å². The van der Waals surface area contributed by atoms with Crippen molar-refractivity contribution in [3.63, 3.8) is 0 Å². The fourth-order valence-electron chi connectivity index (χ4n) is 3.33. The van der Waals surface area contributed by atoms with Gasteiger partial charge in [0, 0.05) is 31.1 Å². The fourth-order valence-corrected chi connectivity index (χ4v) is 3.55. The minimum Gasteiger partial charge on any atom is -0.355 e. The van der Waals surface area contributed by atoms with Crippen LogP contribution in [0.1, 0.15) is 23.1 Å². The van der Waals surface area contributed by atoms with Gasteiger partial charge in [-0.15, -0.1) is 0 Å². The Labute approximate surface area is 171 Å². The normalized spacial score (nSPS) is 16.9. The molecule has 2 aromatic rings. The third-order valence-electron chi connectivity index (χ3n) is 4.81. The second kappa shape index (κ2) is 8.86. The molecule has 0 aliphatic carbocycles. The summed E-state index contributed by atoms with van der Waals surface area (Å²) in [6, 6.07) is 12.2. The highest BCUT2D eigenvalue weighted by molar-refractivity contribution is 6.30. The van der Waals surface area contributed by atoms with Gasteiger partial charge >= 0.3 is 6.18 Å². The summed E-state index contributed by atoms with van der Waals surface area (Å²) in [5.74, 6) is -0.975. The van der Waals surface area contributed by atoms with Crippen LogP contribution in [0.2, 0.25) is 5.02 Å². The Kier molecular flexibility index (Phi) is 6.47. The standard InChI is InChI=1S/C21H20ClF3N2O2/c22-18-6-2-3-14(10-18)7-8-26-20(29)16-11-19(28)27(13-16)12-15-4-1-5-17(9-15)21(23,24)25/h1-6,9-10,16H,7-8,11-13H2,(H,26,29). The molecule has 1 aliphatic heterocycles. The summed E-state index contributed by atoms with van der Waals surface area (Å²) in [7, 11) is 0. The van der Waals surface area contributed by atoms with Crippen molar-refractivity contribution in [3.8, 4) is 0 Å². The lowest BCUT2D eigenvalue weighted by molar-refractivity contribution is -0.137. The highest BCUT2D eigenvalue weighted by atomic mass is 35.5. The molecule has 2 amide bonds. The average Bonchev–Trinajstić information content (AvgIpc) is 3.02. The van der Waals surface area contributed by atoms with Crippen LogP contribution in [0.25, 0.3) is 0 Å². The molecule has 1 aliphatic rings. The summed E-state index contributed by atoms with van der Waals surface area (Å²) >= 11 is 5.93. The van der Waals surface area contributed by atoms with Gasteiger partial charge in [0.05, 0.1) is 11.5 Å². The summed E-state index contributed by atoms with van der Waals surface area (Å²) in [4.78, 5) is 26.0. The van der Waals surface area contributed by atoms with Gasteiger partial charge in [-0.3, -0.25) is 9.59 Å². The Morgan fingerprint density at radius 2 is 1.86 bits per heavy atom. The van der Waals surface area contributed by atoms with Crippen LogP contribution in [0, 0.1) is 5.92 Å². The maximum Gasteiger partial charge on any atom is 0.416 e. The first-order valence-corrected chi connectivity index (χ1v) is 9.56. The first-order valence-electron chi connectivity index (χ1n) is 9.18. The molecule has 1 N–H and O–H groups in total. The van der Waals surface area contributed by atoms with Gasteiger partial charge in [-0.05, 0) is 41.8 Å². The number of amides is 2. The van der Waals surface area contributed by atoms with E-state index in [0.717, 1.165) is 17.7 Å². The molecular formula is C21H20ClF3N2O2. The van der Waals surface area contributed by atoms with Crippen LogP contribution in [-0.2, 0) is 28.7 Å². The highest BCUT2D eigenvalue weighted by Gasteiger charge is 2.35. The molecule has 0 saturated carbocycles. The Balaban J connectivity index is 1.52. The summed E-state index contributed by atoms with van der Waals surface area (Å²) in [5, 5.41) is 3.44. The van der Waals surface area contributed by atoms with E-state index in [4.69, 9.17) is 11.6 Å². The highest BCUT2D eigenvalue weighted by Crippen LogP contribution is 2.30. The number of halogens is 4. The molecule has 8 heteroatoms. The van der Waals surface area contributed by atoms with E-state index in [-0.39, 0.29) is 31.3 Å². The summed E-state index contributed by atoms with van der Waals surface area (Å²) in [5.41, 5.74) is 0.624. The van der Waals surface area contributed by atoms with E-state index in [1.54, 1.807) is 12.1 Å². The van der Waals surface area contributed by atoms with Crippen molar-refractivity contribution in [2.75, 3.05) is 13.1 Å². The monoisotopic (exact) mass is 424 g/mol. The van der Waals surface area contributed by atoms with E-state index < -0.39 is 17.7 Å². The Morgan fingerprint density at radius 1 is 1.14 bits per heavy atom. The molecule has 1 heterocycles. The molecule has 1 atom stereocenters. The number of rotatable bonds is 6. The molecule has 1 fully saturated rings. The maximum atomic E-state index is 12.8. The van der Waals surface area contributed by atoms with Gasteiger partial charge in [0.1, 0.15) is 0 Å². The Hall–Kier alpha value is -2.54. The van der Waals surface area contributed by atoms with Crippen molar-refractivity contribution in [2.24, 2.45) is 5.92 Å². The number of benzene rings is 2. The van der Waals surface area contributed by atoms with Crippen molar-refractivity contribution in [1.82, 2.24) is 10.2 Å². The number of likely N-dealkylation sites (tertiary alicyclic amines) is 1. The number of carbonyl (C=O) groups excluding carboxylic acids is 2. The molecule has 0 radical (unpaired) electrons. The number of hydrogen-bond acceptors (Lipinski definition) is 2. The quantitative estimate of drug-likeness (QED) is 0.760. The maximum absolute atomic E-state index is 12.8. The zero-order valence-electron chi connectivity index (χ0n) is 15.5. The lowest BCUT2D eigenvalue weighted by Gasteiger charge is -2.17. The van der Waals surface area contributed by atoms with Crippen LogP contribution in [0.3, 0.4) is 0 Å². The SMILES string of the molecule is O=C(NCCc1cccc(Cl)c1)C1CC(=O)N(Cc2cccc(C(F)(F)F)c2)C1. The van der Waals surface area contributed by atoms with Gasteiger partial charge < -0.3 is 10.2 Å². The van der Waals surface area contributed by atoms with E-state index in [1.165, 1.54) is 11.0 Å². The minimum atomic E-state index is -4.43.